The van der Waals surface area contributed by atoms with Crippen LogP contribution in [0.5, 0.6) is 0 Å². The van der Waals surface area contributed by atoms with Crippen molar-refractivity contribution in [2.45, 2.75) is 19.4 Å². The van der Waals surface area contributed by atoms with Crippen LogP contribution < -0.4 is 15.9 Å². The molecule has 0 radical (unpaired) electrons. The summed E-state index contributed by atoms with van der Waals surface area (Å²) in [5, 5.41) is 2.93. The minimum Gasteiger partial charge on any atom is -0.359 e. The van der Waals surface area contributed by atoms with Crippen LogP contribution in [0.4, 0.5) is 11.4 Å². The van der Waals surface area contributed by atoms with Crippen molar-refractivity contribution >= 4 is 28.3 Å². The molecule has 1 atom stereocenters. The Bertz CT molecular complexity index is 972. The SMILES string of the molecule is C[C@H](C(=O)Nc1ccc2[nH]c(=O)[nH]c2c1)N1CCc2ccccc21. The topological polar surface area (TPSA) is 81.0 Å². The molecule has 3 N–H and O–H groups in total. The number of hydrogen-bond acceptors (Lipinski definition) is 3. The number of benzene rings is 2. The number of nitrogens with one attached hydrogen (secondary N) is 3. The highest BCUT2D eigenvalue weighted by molar-refractivity contribution is 5.98. The van der Waals surface area contributed by atoms with Gasteiger partial charge in [-0.1, -0.05) is 18.2 Å². The highest BCUT2D eigenvalue weighted by Crippen LogP contribution is 2.29. The summed E-state index contributed by atoms with van der Waals surface area (Å²) in [7, 11) is 0. The van der Waals surface area contributed by atoms with Gasteiger partial charge in [-0.05, 0) is 43.2 Å². The number of nitrogens with zero attached hydrogens (tertiary/aromatic N) is 1. The van der Waals surface area contributed by atoms with E-state index >= 15 is 0 Å². The van der Waals surface area contributed by atoms with E-state index in [9.17, 15) is 9.59 Å². The molecule has 1 aliphatic rings. The molecule has 4 rings (SSSR count). The van der Waals surface area contributed by atoms with Crippen molar-refractivity contribution in [3.05, 3.63) is 58.5 Å². The van der Waals surface area contributed by atoms with Gasteiger partial charge in [0.1, 0.15) is 6.04 Å². The first-order valence-corrected chi connectivity index (χ1v) is 7.99. The Morgan fingerprint density at radius 3 is 2.83 bits per heavy atom. The number of aromatic nitrogens is 2. The Balaban J connectivity index is 1.54. The first-order valence-electron chi connectivity index (χ1n) is 7.99. The molecule has 0 bridgehead atoms. The second-order valence-corrected chi connectivity index (χ2v) is 6.08. The summed E-state index contributed by atoms with van der Waals surface area (Å²) in [6.07, 6.45) is 0.963. The maximum atomic E-state index is 12.6. The van der Waals surface area contributed by atoms with Crippen LogP contribution in [0.1, 0.15) is 12.5 Å². The Kier molecular flexibility index (Phi) is 3.37. The maximum absolute atomic E-state index is 12.6. The summed E-state index contributed by atoms with van der Waals surface area (Å²) in [4.78, 5) is 31.4. The molecule has 0 aliphatic carbocycles. The smallest absolute Gasteiger partial charge is 0.323 e. The molecule has 1 aliphatic heterocycles. The number of para-hydroxylation sites is 1. The summed E-state index contributed by atoms with van der Waals surface area (Å²) < 4.78 is 0. The van der Waals surface area contributed by atoms with E-state index < -0.39 is 0 Å². The Labute approximate surface area is 138 Å². The first-order chi connectivity index (χ1) is 11.6. The average Bonchev–Trinajstić information content (AvgIpc) is 3.16. The van der Waals surface area contributed by atoms with Crippen LogP contribution in [0.3, 0.4) is 0 Å². The second-order valence-electron chi connectivity index (χ2n) is 6.08. The summed E-state index contributed by atoms with van der Waals surface area (Å²) in [5.74, 6) is -0.0658. The van der Waals surface area contributed by atoms with E-state index in [1.54, 1.807) is 18.2 Å². The van der Waals surface area contributed by atoms with Crippen molar-refractivity contribution in [2.75, 3.05) is 16.8 Å². The van der Waals surface area contributed by atoms with Crippen LogP contribution in [0, 0.1) is 0 Å². The zero-order valence-electron chi connectivity index (χ0n) is 13.3. The first kappa shape index (κ1) is 14.6. The number of carbonyl (C=O) groups is 1. The number of anilines is 2. The fraction of sp³-hybridized carbons (Fsp3) is 0.222. The predicted molar refractivity (Wildman–Crippen MR) is 94.5 cm³/mol. The Hall–Kier alpha value is -3.02. The highest BCUT2D eigenvalue weighted by Gasteiger charge is 2.27. The fourth-order valence-corrected chi connectivity index (χ4v) is 3.26. The molecule has 2 aromatic carbocycles. The van der Waals surface area contributed by atoms with Gasteiger partial charge in [0.2, 0.25) is 5.91 Å². The number of H-pyrrole nitrogens is 2. The molecule has 3 aromatic rings. The number of hydrogen-bond donors (Lipinski definition) is 3. The van der Waals surface area contributed by atoms with E-state index in [1.807, 2.05) is 19.1 Å². The molecule has 122 valence electrons. The van der Waals surface area contributed by atoms with Crippen LogP contribution in [0.2, 0.25) is 0 Å². The molecule has 1 amide bonds. The third kappa shape index (κ3) is 2.46. The van der Waals surface area contributed by atoms with Crippen molar-refractivity contribution in [1.29, 1.82) is 0 Å². The third-order valence-corrected chi connectivity index (χ3v) is 4.55. The summed E-state index contributed by atoms with van der Waals surface area (Å²) in [6.45, 7) is 2.76. The standard InChI is InChI=1S/C18H18N4O2/c1-11(22-9-8-12-4-2-3-5-16(12)22)17(23)19-13-6-7-14-15(10-13)21-18(24)20-14/h2-7,10-11H,8-9H2,1H3,(H,19,23)(H2,20,21,24)/t11-/m1/s1. The lowest BCUT2D eigenvalue weighted by Crippen LogP contribution is -2.41. The Morgan fingerprint density at radius 2 is 1.96 bits per heavy atom. The number of amides is 1. The molecule has 6 nitrogen and oxygen atoms in total. The highest BCUT2D eigenvalue weighted by atomic mass is 16.2. The van der Waals surface area contributed by atoms with Crippen LogP contribution in [0.25, 0.3) is 11.0 Å². The molecule has 0 fully saturated rings. The number of aromatic amines is 2. The van der Waals surface area contributed by atoms with E-state index in [1.165, 1.54) is 5.56 Å². The summed E-state index contributed by atoms with van der Waals surface area (Å²) in [6, 6.07) is 13.2. The molecule has 0 unspecified atom stereocenters. The van der Waals surface area contributed by atoms with Gasteiger partial charge in [-0.25, -0.2) is 4.79 Å². The van der Waals surface area contributed by atoms with Crippen molar-refractivity contribution in [2.24, 2.45) is 0 Å². The van der Waals surface area contributed by atoms with Crippen LogP contribution in [-0.2, 0) is 11.2 Å². The normalized spacial score (nSPS) is 14.6. The zero-order chi connectivity index (χ0) is 16.7. The lowest BCUT2D eigenvalue weighted by atomic mass is 10.1. The fourth-order valence-electron chi connectivity index (χ4n) is 3.26. The third-order valence-electron chi connectivity index (χ3n) is 4.55. The molecule has 6 heteroatoms. The predicted octanol–water partition coefficient (Wildman–Crippen LogP) is 2.25. The molecule has 1 aromatic heterocycles. The van der Waals surface area contributed by atoms with Gasteiger partial charge >= 0.3 is 5.69 Å². The average molecular weight is 322 g/mol. The van der Waals surface area contributed by atoms with Crippen LogP contribution in [0.15, 0.2) is 47.3 Å². The Morgan fingerprint density at radius 1 is 1.17 bits per heavy atom. The lowest BCUT2D eigenvalue weighted by Gasteiger charge is -2.26. The lowest BCUT2D eigenvalue weighted by molar-refractivity contribution is -0.117. The largest absolute Gasteiger partial charge is 0.359 e. The van der Waals surface area contributed by atoms with Gasteiger partial charge in [0.15, 0.2) is 0 Å². The van der Waals surface area contributed by atoms with E-state index in [0.29, 0.717) is 11.2 Å². The van der Waals surface area contributed by atoms with Gasteiger partial charge in [0, 0.05) is 17.9 Å². The van der Waals surface area contributed by atoms with E-state index in [-0.39, 0.29) is 17.6 Å². The van der Waals surface area contributed by atoms with Crippen LogP contribution in [-0.4, -0.2) is 28.5 Å². The molecule has 24 heavy (non-hydrogen) atoms. The van der Waals surface area contributed by atoms with Crippen LogP contribution >= 0.6 is 0 Å². The number of carbonyl (C=O) groups excluding carboxylic acids is 1. The number of fused-ring (bicyclic) bond motifs is 2. The van der Waals surface area contributed by atoms with E-state index in [2.05, 4.69) is 32.3 Å². The van der Waals surface area contributed by atoms with Gasteiger partial charge < -0.3 is 20.2 Å². The molecular formula is C18H18N4O2. The van der Waals surface area contributed by atoms with Gasteiger partial charge in [-0.2, -0.15) is 0 Å². The van der Waals surface area contributed by atoms with Gasteiger partial charge in [-0.15, -0.1) is 0 Å². The molecule has 0 spiro atoms. The molecule has 2 heterocycles. The molecular weight excluding hydrogens is 304 g/mol. The number of rotatable bonds is 3. The molecule has 0 saturated heterocycles. The summed E-state index contributed by atoms with van der Waals surface area (Å²) in [5.41, 5.74) is 4.23. The monoisotopic (exact) mass is 322 g/mol. The molecule has 0 saturated carbocycles. The zero-order valence-corrected chi connectivity index (χ0v) is 13.3. The van der Waals surface area contributed by atoms with Gasteiger partial charge in [0.25, 0.3) is 0 Å². The number of imidazole rings is 1. The minimum absolute atomic E-state index is 0.0658. The van der Waals surface area contributed by atoms with Crippen molar-refractivity contribution in [1.82, 2.24) is 9.97 Å². The van der Waals surface area contributed by atoms with Gasteiger partial charge in [-0.3, -0.25) is 4.79 Å². The van der Waals surface area contributed by atoms with Gasteiger partial charge in [0.05, 0.1) is 11.0 Å². The van der Waals surface area contributed by atoms with E-state index in [0.717, 1.165) is 24.2 Å². The van der Waals surface area contributed by atoms with E-state index in [4.69, 9.17) is 0 Å². The van der Waals surface area contributed by atoms with Crippen molar-refractivity contribution in [3.63, 3.8) is 0 Å². The maximum Gasteiger partial charge on any atom is 0.323 e. The van der Waals surface area contributed by atoms with Crippen molar-refractivity contribution in [3.8, 4) is 0 Å². The summed E-state index contributed by atoms with van der Waals surface area (Å²) >= 11 is 0. The minimum atomic E-state index is -0.269. The quantitative estimate of drug-likeness (QED) is 0.692. The second kappa shape index (κ2) is 5.56. The van der Waals surface area contributed by atoms with Crippen molar-refractivity contribution < 1.29 is 4.79 Å².